The summed E-state index contributed by atoms with van der Waals surface area (Å²) >= 11 is 0. The van der Waals surface area contributed by atoms with Gasteiger partial charge in [-0.15, -0.1) is 0 Å². The number of carbonyl (C=O) groups excluding carboxylic acids is 1. The number of nitrogens with zero attached hydrogens (tertiary/aromatic N) is 1. The highest BCUT2D eigenvalue weighted by molar-refractivity contribution is 5.78. The van der Waals surface area contributed by atoms with Crippen LogP contribution >= 0.6 is 0 Å². The van der Waals surface area contributed by atoms with E-state index < -0.39 is 0 Å². The van der Waals surface area contributed by atoms with E-state index in [0.29, 0.717) is 0 Å². The number of amides is 1. The Hall–Kier alpha value is -0.570. The van der Waals surface area contributed by atoms with Crippen molar-refractivity contribution in [2.75, 3.05) is 20.1 Å². The third kappa shape index (κ3) is 2.71. The van der Waals surface area contributed by atoms with Gasteiger partial charge in [-0.3, -0.25) is 9.69 Å². The molecule has 1 atom stereocenters. The average molecular weight is 198 g/mol. The van der Waals surface area contributed by atoms with Gasteiger partial charge < -0.3 is 5.32 Å². The van der Waals surface area contributed by atoms with Crippen molar-refractivity contribution in [3.05, 3.63) is 0 Å². The molecule has 0 aromatic carbocycles. The highest BCUT2D eigenvalue weighted by Gasteiger charge is 2.30. The first-order valence-corrected chi connectivity index (χ1v) is 5.42. The molecule has 14 heavy (non-hydrogen) atoms. The number of hydrogen-bond acceptors (Lipinski definition) is 2. The second-order valence-corrected chi connectivity index (χ2v) is 5.07. The summed E-state index contributed by atoms with van der Waals surface area (Å²) in [5.41, 5.74) is 0.187. The Bertz CT molecular complexity index is 208. The van der Waals surface area contributed by atoms with E-state index in [-0.39, 0.29) is 17.4 Å². The molecule has 3 nitrogen and oxygen atoms in total. The first-order valence-electron chi connectivity index (χ1n) is 5.42. The van der Waals surface area contributed by atoms with Gasteiger partial charge in [0.15, 0.2) is 0 Å². The number of likely N-dealkylation sites (tertiary alicyclic amines) is 1. The zero-order valence-corrected chi connectivity index (χ0v) is 9.76. The molecule has 3 heteroatoms. The fourth-order valence-corrected chi connectivity index (χ4v) is 2.00. The highest BCUT2D eigenvalue weighted by Crippen LogP contribution is 2.23. The van der Waals surface area contributed by atoms with E-state index in [4.69, 9.17) is 0 Å². The van der Waals surface area contributed by atoms with Crippen molar-refractivity contribution in [3.8, 4) is 0 Å². The zero-order valence-electron chi connectivity index (χ0n) is 9.76. The van der Waals surface area contributed by atoms with Crippen LogP contribution < -0.4 is 5.32 Å². The molecule has 1 aliphatic rings. The summed E-state index contributed by atoms with van der Waals surface area (Å²) in [6.45, 7) is 8.65. The quantitative estimate of drug-likeness (QED) is 0.687. The van der Waals surface area contributed by atoms with Gasteiger partial charge in [0, 0.05) is 19.1 Å². The summed E-state index contributed by atoms with van der Waals surface area (Å²) < 4.78 is 0. The van der Waals surface area contributed by atoms with Gasteiger partial charge in [0.2, 0.25) is 5.91 Å². The smallest absolute Gasteiger partial charge is 0.224 e. The van der Waals surface area contributed by atoms with Crippen LogP contribution in [0.4, 0.5) is 0 Å². The number of hydrogen-bond donors (Lipinski definition) is 1. The van der Waals surface area contributed by atoms with Gasteiger partial charge in [0.1, 0.15) is 0 Å². The van der Waals surface area contributed by atoms with Gasteiger partial charge in [-0.25, -0.2) is 0 Å². The first-order chi connectivity index (χ1) is 6.45. The molecule has 1 N–H and O–H groups in total. The van der Waals surface area contributed by atoms with Crippen LogP contribution in [0, 0.1) is 5.92 Å². The van der Waals surface area contributed by atoms with E-state index in [1.165, 1.54) is 0 Å². The predicted molar refractivity (Wildman–Crippen MR) is 58.1 cm³/mol. The van der Waals surface area contributed by atoms with Crippen LogP contribution in [0.1, 0.15) is 33.6 Å². The molecular formula is C11H22N2O. The summed E-state index contributed by atoms with van der Waals surface area (Å²) in [6, 6.07) is 0. The van der Waals surface area contributed by atoms with Gasteiger partial charge in [-0.1, -0.05) is 0 Å². The first kappa shape index (κ1) is 11.5. The van der Waals surface area contributed by atoms with Crippen LogP contribution in [-0.4, -0.2) is 36.5 Å². The summed E-state index contributed by atoms with van der Waals surface area (Å²) in [6.07, 6.45) is 2.17. The Balaban J connectivity index is 2.56. The fourth-order valence-electron chi connectivity index (χ4n) is 2.00. The van der Waals surface area contributed by atoms with E-state index >= 15 is 0 Å². The standard InChI is InChI=1S/C11H22N2O/c1-11(2,3)13-7-5-6-9(8-13)10(14)12-4/h9H,5-8H2,1-4H3,(H,12,14). The van der Waals surface area contributed by atoms with Crippen LogP contribution in [0.15, 0.2) is 0 Å². The maximum absolute atomic E-state index is 11.5. The lowest BCUT2D eigenvalue weighted by molar-refractivity contribution is -0.126. The van der Waals surface area contributed by atoms with E-state index in [0.717, 1.165) is 25.9 Å². The maximum atomic E-state index is 11.5. The summed E-state index contributed by atoms with van der Waals surface area (Å²) in [5.74, 6) is 0.381. The molecule has 1 rings (SSSR count). The molecule has 0 aliphatic carbocycles. The van der Waals surface area contributed by atoms with E-state index in [2.05, 4.69) is 31.0 Å². The van der Waals surface area contributed by atoms with Crippen molar-refractivity contribution in [1.29, 1.82) is 0 Å². The molecule has 82 valence electrons. The van der Waals surface area contributed by atoms with Crippen molar-refractivity contribution in [2.45, 2.75) is 39.2 Å². The third-order valence-electron chi connectivity index (χ3n) is 2.99. The molecule has 0 radical (unpaired) electrons. The molecule has 0 spiro atoms. The largest absolute Gasteiger partial charge is 0.359 e. The van der Waals surface area contributed by atoms with Crippen LogP contribution in [0.25, 0.3) is 0 Å². The van der Waals surface area contributed by atoms with Crippen molar-refractivity contribution in [1.82, 2.24) is 10.2 Å². The molecule has 0 saturated carbocycles. The predicted octanol–water partition coefficient (Wildman–Crippen LogP) is 1.24. The lowest BCUT2D eigenvalue weighted by Crippen LogP contribution is -2.50. The summed E-state index contributed by atoms with van der Waals surface area (Å²) in [5, 5.41) is 2.74. The molecule has 0 bridgehead atoms. The van der Waals surface area contributed by atoms with E-state index in [9.17, 15) is 4.79 Å². The van der Waals surface area contributed by atoms with Crippen LogP contribution in [-0.2, 0) is 4.79 Å². The second kappa shape index (κ2) is 4.30. The topological polar surface area (TPSA) is 32.3 Å². The number of rotatable bonds is 1. The summed E-state index contributed by atoms with van der Waals surface area (Å²) in [7, 11) is 1.72. The van der Waals surface area contributed by atoms with Gasteiger partial charge in [-0.2, -0.15) is 0 Å². The van der Waals surface area contributed by atoms with E-state index in [1.807, 2.05) is 0 Å². The Morgan fingerprint density at radius 1 is 1.43 bits per heavy atom. The Morgan fingerprint density at radius 2 is 2.07 bits per heavy atom. The monoisotopic (exact) mass is 198 g/mol. The maximum Gasteiger partial charge on any atom is 0.224 e. The molecule has 1 aliphatic heterocycles. The van der Waals surface area contributed by atoms with Gasteiger partial charge in [-0.05, 0) is 40.2 Å². The zero-order chi connectivity index (χ0) is 10.8. The Kier molecular flexibility index (Phi) is 3.53. The lowest BCUT2D eigenvalue weighted by Gasteiger charge is -2.41. The minimum absolute atomic E-state index is 0.187. The highest BCUT2D eigenvalue weighted by atomic mass is 16.1. The minimum Gasteiger partial charge on any atom is -0.359 e. The normalized spacial score (nSPS) is 24.7. The van der Waals surface area contributed by atoms with Gasteiger partial charge >= 0.3 is 0 Å². The van der Waals surface area contributed by atoms with E-state index in [1.54, 1.807) is 7.05 Å². The number of carbonyl (C=O) groups is 1. The molecule has 1 unspecified atom stereocenters. The van der Waals surface area contributed by atoms with Crippen molar-refractivity contribution < 1.29 is 4.79 Å². The molecule has 0 aromatic heterocycles. The fraction of sp³-hybridized carbons (Fsp3) is 0.909. The SMILES string of the molecule is CNC(=O)C1CCCN(C(C)(C)C)C1. The van der Waals surface area contributed by atoms with Crippen molar-refractivity contribution in [3.63, 3.8) is 0 Å². The molecule has 0 aromatic rings. The van der Waals surface area contributed by atoms with Gasteiger partial charge in [0.05, 0.1) is 5.92 Å². The van der Waals surface area contributed by atoms with Crippen molar-refractivity contribution >= 4 is 5.91 Å². The molecular weight excluding hydrogens is 176 g/mol. The second-order valence-electron chi connectivity index (χ2n) is 5.07. The number of nitrogens with one attached hydrogen (secondary N) is 1. The molecule has 1 fully saturated rings. The average Bonchev–Trinajstić information content (AvgIpc) is 2.15. The van der Waals surface area contributed by atoms with Crippen LogP contribution in [0.2, 0.25) is 0 Å². The van der Waals surface area contributed by atoms with Crippen molar-refractivity contribution in [2.24, 2.45) is 5.92 Å². The molecule has 1 heterocycles. The van der Waals surface area contributed by atoms with Gasteiger partial charge in [0.25, 0.3) is 0 Å². The Labute approximate surface area is 86.9 Å². The molecule has 1 saturated heterocycles. The third-order valence-corrected chi connectivity index (χ3v) is 2.99. The van der Waals surface area contributed by atoms with Crippen LogP contribution in [0.3, 0.4) is 0 Å². The summed E-state index contributed by atoms with van der Waals surface area (Å²) in [4.78, 5) is 13.9. The Morgan fingerprint density at radius 3 is 2.57 bits per heavy atom. The van der Waals surface area contributed by atoms with Crippen LogP contribution in [0.5, 0.6) is 0 Å². The molecule has 1 amide bonds. The number of piperidine rings is 1. The lowest BCUT2D eigenvalue weighted by atomic mass is 9.93. The minimum atomic E-state index is 0.187.